The second kappa shape index (κ2) is 7.84. The van der Waals surface area contributed by atoms with E-state index in [1.54, 1.807) is 18.2 Å². The highest BCUT2D eigenvalue weighted by Crippen LogP contribution is 2.44. The molecular weight excluding hydrogens is 436 g/mol. The lowest BCUT2D eigenvalue weighted by Crippen LogP contribution is -2.20. The van der Waals surface area contributed by atoms with Gasteiger partial charge in [-0.05, 0) is 55.5 Å². The summed E-state index contributed by atoms with van der Waals surface area (Å²) in [6, 6.07) is 15.1. The first-order chi connectivity index (χ1) is 15.9. The van der Waals surface area contributed by atoms with Crippen molar-refractivity contribution in [3.05, 3.63) is 92.2 Å². The minimum Gasteiger partial charge on any atom is -0.449 e. The summed E-state index contributed by atoms with van der Waals surface area (Å²) in [4.78, 5) is 13.9. The van der Waals surface area contributed by atoms with Crippen LogP contribution in [0.4, 0.5) is 0 Å². The van der Waals surface area contributed by atoms with Gasteiger partial charge in [-0.2, -0.15) is 5.26 Å². The molecule has 0 fully saturated rings. The zero-order valence-corrected chi connectivity index (χ0v) is 19.1. The third-order valence-electron chi connectivity index (χ3n) is 5.79. The van der Waals surface area contributed by atoms with E-state index in [9.17, 15) is 10.1 Å². The van der Waals surface area contributed by atoms with E-state index in [-0.39, 0.29) is 17.6 Å². The molecule has 1 aliphatic rings. The van der Waals surface area contributed by atoms with Gasteiger partial charge < -0.3 is 19.6 Å². The van der Waals surface area contributed by atoms with Crippen LogP contribution in [0, 0.1) is 32.1 Å². The van der Waals surface area contributed by atoms with Crippen LogP contribution in [-0.2, 0) is 0 Å². The van der Waals surface area contributed by atoms with Crippen molar-refractivity contribution in [1.82, 2.24) is 0 Å². The third kappa shape index (κ3) is 3.45. The van der Waals surface area contributed by atoms with Crippen molar-refractivity contribution in [2.45, 2.75) is 26.7 Å². The molecule has 5 rings (SSSR count). The number of nitrogens with two attached hydrogens (primary N) is 1. The van der Waals surface area contributed by atoms with Crippen LogP contribution < -0.4 is 15.2 Å². The predicted molar refractivity (Wildman–Crippen MR) is 125 cm³/mol. The second-order valence-electron chi connectivity index (χ2n) is 8.04. The Morgan fingerprint density at radius 2 is 2.00 bits per heavy atom. The molecule has 164 valence electrons. The van der Waals surface area contributed by atoms with E-state index in [2.05, 4.69) is 12.1 Å². The number of aryl methyl sites for hydroxylation is 3. The Labute approximate surface area is 194 Å². The molecule has 7 heteroatoms. The van der Waals surface area contributed by atoms with Gasteiger partial charge in [-0.1, -0.05) is 18.2 Å². The molecule has 1 aliphatic heterocycles. The van der Waals surface area contributed by atoms with Gasteiger partial charge in [0.15, 0.2) is 0 Å². The van der Waals surface area contributed by atoms with Crippen molar-refractivity contribution in [3.63, 3.8) is 0 Å². The van der Waals surface area contributed by atoms with E-state index >= 15 is 0 Å². The largest absolute Gasteiger partial charge is 0.449 e. The fraction of sp³-hybridized carbons (Fsp3) is 0.154. The number of carbonyl (C=O) groups excluding carboxylic acids is 1. The number of benzene rings is 2. The summed E-state index contributed by atoms with van der Waals surface area (Å²) in [7, 11) is 0. The normalized spacial score (nSPS) is 15.2. The fourth-order valence-electron chi connectivity index (χ4n) is 4.38. The zero-order chi connectivity index (χ0) is 23.3. The van der Waals surface area contributed by atoms with Gasteiger partial charge >= 0.3 is 5.97 Å². The summed E-state index contributed by atoms with van der Waals surface area (Å²) in [5.41, 5.74) is 10.7. The topological polar surface area (TPSA) is 98.5 Å². The number of furan rings is 1. The van der Waals surface area contributed by atoms with Crippen LogP contribution in [0.15, 0.2) is 63.7 Å². The van der Waals surface area contributed by atoms with Gasteiger partial charge in [0.1, 0.15) is 28.7 Å². The molecule has 2 aromatic heterocycles. The van der Waals surface area contributed by atoms with Gasteiger partial charge in [-0.15, -0.1) is 11.3 Å². The predicted octanol–water partition coefficient (Wildman–Crippen LogP) is 5.86. The van der Waals surface area contributed by atoms with Gasteiger partial charge in [-0.3, -0.25) is 0 Å². The summed E-state index contributed by atoms with van der Waals surface area (Å²) in [5, 5.41) is 12.5. The molecule has 4 aromatic rings. The standard InChI is InChI=1S/C26H20N2O4S/c1-13-9-14(2)22-15(3)24(31-20(22)10-13)26(29)30-16-6-7-17-19(11-16)32-25(28)18(12-27)23(17)21-5-4-8-33-21/h4-11,23H,28H2,1-3H3. The van der Waals surface area contributed by atoms with Crippen LogP contribution in [0.1, 0.15) is 43.6 Å². The van der Waals surface area contributed by atoms with Gasteiger partial charge in [-0.25, -0.2) is 4.79 Å². The van der Waals surface area contributed by atoms with Crippen LogP contribution in [0.3, 0.4) is 0 Å². The van der Waals surface area contributed by atoms with E-state index in [1.807, 2.05) is 44.4 Å². The van der Waals surface area contributed by atoms with Crippen molar-refractivity contribution >= 4 is 28.3 Å². The maximum Gasteiger partial charge on any atom is 0.379 e. The number of thiophene rings is 1. The zero-order valence-electron chi connectivity index (χ0n) is 18.3. The molecule has 0 amide bonds. The molecular formula is C26H20N2O4S. The van der Waals surface area contributed by atoms with E-state index in [4.69, 9.17) is 19.6 Å². The Morgan fingerprint density at radius 1 is 1.18 bits per heavy atom. The fourth-order valence-corrected chi connectivity index (χ4v) is 5.24. The number of carbonyl (C=O) groups is 1. The van der Waals surface area contributed by atoms with Crippen LogP contribution in [0.2, 0.25) is 0 Å². The number of rotatable bonds is 3. The maximum atomic E-state index is 13.0. The molecule has 0 bridgehead atoms. The SMILES string of the molecule is Cc1cc(C)c2c(C)c(C(=O)Oc3ccc4c(c3)OC(N)=C(C#N)C4c3cccs3)oc2c1. The van der Waals surface area contributed by atoms with Gasteiger partial charge in [0.25, 0.3) is 0 Å². The Bertz CT molecular complexity index is 1490. The highest BCUT2D eigenvalue weighted by molar-refractivity contribution is 7.10. The summed E-state index contributed by atoms with van der Waals surface area (Å²) >= 11 is 1.54. The molecule has 0 spiro atoms. The molecule has 2 N–H and O–H groups in total. The number of fused-ring (bicyclic) bond motifs is 2. The Balaban J connectivity index is 1.49. The van der Waals surface area contributed by atoms with Crippen molar-refractivity contribution < 1.29 is 18.7 Å². The maximum absolute atomic E-state index is 13.0. The first kappa shape index (κ1) is 20.9. The molecule has 1 atom stereocenters. The number of ether oxygens (including phenoxy) is 2. The molecule has 1 unspecified atom stereocenters. The number of nitrogens with zero attached hydrogens (tertiary/aromatic N) is 1. The summed E-state index contributed by atoms with van der Waals surface area (Å²) < 4.78 is 17.2. The average Bonchev–Trinajstić information content (AvgIpc) is 3.40. The number of hydrogen-bond donors (Lipinski definition) is 1. The first-order valence-corrected chi connectivity index (χ1v) is 11.2. The molecule has 0 radical (unpaired) electrons. The first-order valence-electron chi connectivity index (χ1n) is 10.3. The number of nitriles is 1. The van der Waals surface area contributed by atoms with Crippen LogP contribution in [0.5, 0.6) is 11.5 Å². The van der Waals surface area contributed by atoms with Gasteiger partial charge in [0, 0.05) is 27.5 Å². The third-order valence-corrected chi connectivity index (χ3v) is 6.72. The van der Waals surface area contributed by atoms with Crippen LogP contribution >= 0.6 is 11.3 Å². The lowest BCUT2D eigenvalue weighted by atomic mass is 9.88. The Morgan fingerprint density at radius 3 is 2.73 bits per heavy atom. The molecule has 2 aromatic carbocycles. The van der Waals surface area contributed by atoms with E-state index in [0.29, 0.717) is 22.7 Å². The smallest absolute Gasteiger partial charge is 0.379 e. The highest BCUT2D eigenvalue weighted by atomic mass is 32.1. The molecule has 0 saturated heterocycles. The molecule has 3 heterocycles. The van der Waals surface area contributed by atoms with Crippen molar-refractivity contribution in [2.24, 2.45) is 5.73 Å². The minimum atomic E-state index is -0.590. The lowest BCUT2D eigenvalue weighted by Gasteiger charge is -2.25. The number of hydrogen-bond acceptors (Lipinski definition) is 7. The summed E-state index contributed by atoms with van der Waals surface area (Å²) in [6.07, 6.45) is 0. The Hall–Kier alpha value is -4.02. The minimum absolute atomic E-state index is 0.0471. The van der Waals surface area contributed by atoms with Crippen LogP contribution in [0.25, 0.3) is 11.0 Å². The quantitative estimate of drug-likeness (QED) is 0.306. The van der Waals surface area contributed by atoms with Crippen molar-refractivity contribution in [3.8, 4) is 17.6 Å². The molecule has 0 aliphatic carbocycles. The van der Waals surface area contributed by atoms with Gasteiger partial charge in [0.05, 0.1) is 5.92 Å². The second-order valence-corrected chi connectivity index (χ2v) is 9.02. The molecule has 6 nitrogen and oxygen atoms in total. The van der Waals surface area contributed by atoms with Gasteiger partial charge in [0.2, 0.25) is 11.6 Å². The summed E-state index contributed by atoms with van der Waals surface area (Å²) in [5.74, 6) is 0.0401. The van der Waals surface area contributed by atoms with E-state index < -0.39 is 5.97 Å². The van der Waals surface area contributed by atoms with Crippen molar-refractivity contribution in [1.29, 1.82) is 5.26 Å². The average molecular weight is 457 g/mol. The molecule has 0 saturated carbocycles. The van der Waals surface area contributed by atoms with E-state index in [0.717, 1.165) is 32.5 Å². The Kier molecular flexibility index (Phi) is 4.95. The number of esters is 1. The molecule has 33 heavy (non-hydrogen) atoms. The summed E-state index contributed by atoms with van der Waals surface area (Å²) in [6.45, 7) is 5.82. The highest BCUT2D eigenvalue weighted by Gasteiger charge is 2.32. The monoisotopic (exact) mass is 456 g/mol. The van der Waals surface area contributed by atoms with Crippen LogP contribution in [-0.4, -0.2) is 5.97 Å². The van der Waals surface area contributed by atoms with Crippen molar-refractivity contribution in [2.75, 3.05) is 0 Å². The lowest BCUT2D eigenvalue weighted by molar-refractivity contribution is 0.0702. The number of allylic oxidation sites excluding steroid dienone is 1. The van der Waals surface area contributed by atoms with E-state index in [1.165, 1.54) is 11.3 Å².